The quantitative estimate of drug-likeness (QED) is 0.745. The van der Waals surface area contributed by atoms with Crippen LogP contribution in [0.4, 0.5) is 5.69 Å². The summed E-state index contributed by atoms with van der Waals surface area (Å²) in [7, 11) is 0. The first kappa shape index (κ1) is 17.6. The van der Waals surface area contributed by atoms with E-state index in [-0.39, 0.29) is 19.1 Å². The van der Waals surface area contributed by atoms with Crippen LogP contribution in [0.3, 0.4) is 0 Å². The maximum absolute atomic E-state index is 12.1. The molecule has 7 nitrogen and oxygen atoms in total. The molecule has 2 amide bonds. The van der Waals surface area contributed by atoms with Crippen LogP contribution in [-0.4, -0.2) is 25.2 Å². The molecule has 2 aromatic carbocycles. The number of amides is 2. The van der Waals surface area contributed by atoms with Gasteiger partial charge >= 0.3 is 0 Å². The lowest BCUT2D eigenvalue weighted by Gasteiger charge is -2.11. The molecular weight excluding hydrogens is 336 g/mol. The fourth-order valence-corrected chi connectivity index (χ4v) is 2.51. The van der Waals surface area contributed by atoms with E-state index in [0.29, 0.717) is 36.1 Å². The number of ether oxygens (including phenoxy) is 3. The number of carbonyl (C=O) groups excluding carboxylic acids is 2. The van der Waals surface area contributed by atoms with Crippen LogP contribution < -0.4 is 24.8 Å². The lowest BCUT2D eigenvalue weighted by Crippen LogP contribution is -2.27. The van der Waals surface area contributed by atoms with Crippen molar-refractivity contribution in [3.05, 3.63) is 48.0 Å². The van der Waals surface area contributed by atoms with Crippen LogP contribution in [0.1, 0.15) is 18.9 Å². The van der Waals surface area contributed by atoms with Crippen molar-refractivity contribution in [3.63, 3.8) is 0 Å². The lowest BCUT2D eigenvalue weighted by molar-refractivity contribution is -0.126. The highest BCUT2D eigenvalue weighted by Crippen LogP contribution is 2.32. The molecule has 0 unspecified atom stereocenters. The molecule has 26 heavy (non-hydrogen) atoms. The Morgan fingerprint density at radius 3 is 2.73 bits per heavy atom. The molecule has 0 saturated heterocycles. The number of nitrogens with one attached hydrogen (secondary N) is 2. The maximum atomic E-state index is 12.1. The summed E-state index contributed by atoms with van der Waals surface area (Å²) in [5.41, 5.74) is 1.41. The fraction of sp³-hybridized carbons (Fsp3) is 0.263. The van der Waals surface area contributed by atoms with Crippen molar-refractivity contribution in [2.75, 3.05) is 18.7 Å². The smallest absolute Gasteiger partial charge is 0.233 e. The summed E-state index contributed by atoms with van der Waals surface area (Å²) < 4.78 is 16.0. The zero-order chi connectivity index (χ0) is 18.4. The van der Waals surface area contributed by atoms with Gasteiger partial charge in [-0.15, -0.1) is 0 Å². The van der Waals surface area contributed by atoms with E-state index in [1.165, 1.54) is 0 Å². The van der Waals surface area contributed by atoms with Gasteiger partial charge in [0.2, 0.25) is 18.6 Å². The normalized spacial score (nSPS) is 11.7. The van der Waals surface area contributed by atoms with E-state index in [1.807, 2.05) is 19.1 Å². The number of carbonyl (C=O) groups is 2. The third kappa shape index (κ3) is 4.44. The van der Waals surface area contributed by atoms with Gasteiger partial charge in [-0.1, -0.05) is 18.2 Å². The zero-order valence-corrected chi connectivity index (χ0v) is 14.4. The number of fused-ring (bicyclic) bond motifs is 1. The van der Waals surface area contributed by atoms with E-state index >= 15 is 0 Å². The predicted molar refractivity (Wildman–Crippen MR) is 95.3 cm³/mol. The largest absolute Gasteiger partial charge is 0.492 e. The van der Waals surface area contributed by atoms with Gasteiger partial charge in [0.05, 0.1) is 12.3 Å². The summed E-state index contributed by atoms with van der Waals surface area (Å²) in [6, 6.07) is 12.5. The van der Waals surface area contributed by atoms with Crippen LogP contribution in [0.25, 0.3) is 0 Å². The Kier molecular flexibility index (Phi) is 5.58. The van der Waals surface area contributed by atoms with E-state index in [2.05, 4.69) is 10.6 Å². The van der Waals surface area contributed by atoms with Gasteiger partial charge in [-0.3, -0.25) is 9.59 Å². The Morgan fingerprint density at radius 2 is 1.88 bits per heavy atom. The number of hydrogen-bond donors (Lipinski definition) is 2. The third-order valence-electron chi connectivity index (χ3n) is 3.71. The van der Waals surface area contributed by atoms with Crippen molar-refractivity contribution >= 4 is 17.5 Å². The molecule has 0 aromatic heterocycles. The number of anilines is 1. The van der Waals surface area contributed by atoms with Crippen molar-refractivity contribution in [2.45, 2.75) is 19.9 Å². The molecule has 0 radical (unpaired) electrons. The molecule has 0 fully saturated rings. The summed E-state index contributed by atoms with van der Waals surface area (Å²) in [5.74, 6) is 1.15. The van der Waals surface area contributed by atoms with Gasteiger partial charge in [0, 0.05) is 6.54 Å². The Morgan fingerprint density at radius 1 is 1.08 bits per heavy atom. The van der Waals surface area contributed by atoms with E-state index in [0.717, 1.165) is 5.56 Å². The minimum Gasteiger partial charge on any atom is -0.492 e. The summed E-state index contributed by atoms with van der Waals surface area (Å²) in [4.78, 5) is 24.1. The van der Waals surface area contributed by atoms with Gasteiger partial charge in [-0.05, 0) is 36.8 Å². The van der Waals surface area contributed by atoms with Crippen molar-refractivity contribution < 1.29 is 23.8 Å². The number of rotatable bonds is 7. The van der Waals surface area contributed by atoms with Gasteiger partial charge in [0.1, 0.15) is 12.2 Å². The van der Waals surface area contributed by atoms with E-state index in [9.17, 15) is 9.59 Å². The summed E-state index contributed by atoms with van der Waals surface area (Å²) in [5, 5.41) is 5.42. The highest BCUT2D eigenvalue weighted by atomic mass is 16.7. The number of hydrogen-bond acceptors (Lipinski definition) is 5. The van der Waals surface area contributed by atoms with Crippen molar-refractivity contribution in [1.29, 1.82) is 0 Å². The second-order valence-electron chi connectivity index (χ2n) is 5.62. The van der Waals surface area contributed by atoms with Crippen LogP contribution in [-0.2, 0) is 16.1 Å². The lowest BCUT2D eigenvalue weighted by atomic mass is 10.2. The van der Waals surface area contributed by atoms with Crippen molar-refractivity contribution in [3.8, 4) is 17.2 Å². The highest BCUT2D eigenvalue weighted by molar-refractivity contribution is 6.04. The molecule has 0 atom stereocenters. The Hall–Kier alpha value is -3.22. The summed E-state index contributed by atoms with van der Waals surface area (Å²) >= 11 is 0. The summed E-state index contributed by atoms with van der Waals surface area (Å²) in [6.45, 7) is 2.86. The predicted octanol–water partition coefficient (Wildman–Crippen LogP) is 2.46. The van der Waals surface area contributed by atoms with Gasteiger partial charge in [0.15, 0.2) is 11.5 Å². The van der Waals surface area contributed by atoms with E-state index in [4.69, 9.17) is 14.2 Å². The van der Waals surface area contributed by atoms with Crippen LogP contribution in [0.2, 0.25) is 0 Å². The molecule has 7 heteroatoms. The number of para-hydroxylation sites is 2. The maximum Gasteiger partial charge on any atom is 0.233 e. The van der Waals surface area contributed by atoms with Gasteiger partial charge in [-0.2, -0.15) is 0 Å². The van der Waals surface area contributed by atoms with E-state index in [1.54, 1.807) is 30.3 Å². The molecule has 2 N–H and O–H groups in total. The van der Waals surface area contributed by atoms with Gasteiger partial charge < -0.3 is 24.8 Å². The average molecular weight is 356 g/mol. The molecule has 0 saturated carbocycles. The molecule has 0 bridgehead atoms. The van der Waals surface area contributed by atoms with Crippen molar-refractivity contribution in [2.24, 2.45) is 0 Å². The topological polar surface area (TPSA) is 85.9 Å². The third-order valence-corrected chi connectivity index (χ3v) is 3.71. The molecule has 3 rings (SSSR count). The first-order valence-electron chi connectivity index (χ1n) is 8.32. The zero-order valence-electron chi connectivity index (χ0n) is 14.4. The first-order chi connectivity index (χ1) is 12.7. The van der Waals surface area contributed by atoms with E-state index < -0.39 is 5.91 Å². The van der Waals surface area contributed by atoms with Gasteiger partial charge in [-0.25, -0.2) is 0 Å². The molecule has 1 heterocycles. The highest BCUT2D eigenvalue weighted by Gasteiger charge is 2.15. The Labute approximate surface area is 151 Å². The molecule has 1 aliphatic rings. The molecule has 0 aliphatic carbocycles. The second kappa shape index (κ2) is 8.24. The standard InChI is InChI=1S/C19H20N2O5/c1-2-24-15-6-4-3-5-14(15)21-19(23)10-18(22)20-11-13-7-8-16-17(9-13)26-12-25-16/h3-9H,2,10-12H2,1H3,(H,20,22)(H,21,23). The first-order valence-corrected chi connectivity index (χ1v) is 8.32. The van der Waals surface area contributed by atoms with Crippen LogP contribution in [0, 0.1) is 0 Å². The van der Waals surface area contributed by atoms with Gasteiger partial charge in [0.25, 0.3) is 0 Å². The molecule has 0 spiro atoms. The Bertz CT molecular complexity index is 806. The second-order valence-corrected chi connectivity index (χ2v) is 5.62. The average Bonchev–Trinajstić information content (AvgIpc) is 3.09. The van der Waals surface area contributed by atoms with Crippen LogP contribution >= 0.6 is 0 Å². The van der Waals surface area contributed by atoms with Crippen molar-refractivity contribution in [1.82, 2.24) is 5.32 Å². The molecule has 136 valence electrons. The summed E-state index contributed by atoms with van der Waals surface area (Å²) in [6.07, 6.45) is -0.273. The Balaban J connectivity index is 1.49. The monoisotopic (exact) mass is 356 g/mol. The molecular formula is C19H20N2O5. The SMILES string of the molecule is CCOc1ccccc1NC(=O)CC(=O)NCc1ccc2c(c1)OCO2. The van der Waals surface area contributed by atoms with Crippen LogP contribution in [0.5, 0.6) is 17.2 Å². The minimum absolute atomic E-state index is 0.203. The molecule has 1 aliphatic heterocycles. The fourth-order valence-electron chi connectivity index (χ4n) is 2.51. The number of benzene rings is 2. The van der Waals surface area contributed by atoms with Crippen LogP contribution in [0.15, 0.2) is 42.5 Å². The molecule has 2 aromatic rings. The minimum atomic E-state index is -0.402.